The largest absolute Gasteiger partial charge is 0.309 e. The summed E-state index contributed by atoms with van der Waals surface area (Å²) in [4.78, 5) is 0. The van der Waals surface area contributed by atoms with Gasteiger partial charge in [0.15, 0.2) is 0 Å². The SMILES string of the molecule is CC1(C)c2ccccc2-n2c3ccc(-c4ccccc4)cc3c3cccc1c32.[B]. The molecule has 4 aromatic carbocycles. The van der Waals surface area contributed by atoms with Crippen molar-refractivity contribution in [3.63, 3.8) is 0 Å². The third kappa shape index (κ3) is 2.29. The van der Waals surface area contributed by atoms with Crippen LogP contribution in [0.5, 0.6) is 0 Å². The van der Waals surface area contributed by atoms with E-state index < -0.39 is 0 Å². The Kier molecular flexibility index (Phi) is 3.76. The first kappa shape index (κ1) is 17.8. The van der Waals surface area contributed by atoms with E-state index in [1.54, 1.807) is 0 Å². The maximum atomic E-state index is 2.47. The van der Waals surface area contributed by atoms with Crippen LogP contribution in [-0.2, 0) is 5.41 Å². The number of rotatable bonds is 1. The molecule has 5 aromatic rings. The molecule has 1 aliphatic rings. The van der Waals surface area contributed by atoms with E-state index in [2.05, 4.69) is 109 Å². The second-order valence-corrected chi connectivity index (χ2v) is 8.28. The quantitative estimate of drug-likeness (QED) is 0.289. The van der Waals surface area contributed by atoms with Gasteiger partial charge in [-0.05, 0) is 40.5 Å². The highest BCUT2D eigenvalue weighted by Gasteiger charge is 2.34. The van der Waals surface area contributed by atoms with Crippen LogP contribution in [0.25, 0.3) is 38.6 Å². The van der Waals surface area contributed by atoms with Gasteiger partial charge in [-0.2, -0.15) is 0 Å². The summed E-state index contributed by atoms with van der Waals surface area (Å²) in [6.45, 7) is 4.69. The van der Waals surface area contributed by atoms with Crippen LogP contribution in [-0.4, -0.2) is 13.0 Å². The average molecular weight is 370 g/mol. The Morgan fingerprint density at radius 2 is 1.34 bits per heavy atom. The monoisotopic (exact) mass is 370 g/mol. The van der Waals surface area contributed by atoms with E-state index in [9.17, 15) is 0 Å². The highest BCUT2D eigenvalue weighted by molar-refractivity contribution is 6.12. The maximum Gasteiger partial charge on any atom is 0.0582 e. The van der Waals surface area contributed by atoms with Crippen LogP contribution in [0.15, 0.2) is 91.0 Å². The van der Waals surface area contributed by atoms with Gasteiger partial charge in [0.25, 0.3) is 0 Å². The molecule has 137 valence electrons. The van der Waals surface area contributed by atoms with Gasteiger partial charge in [0.2, 0.25) is 0 Å². The van der Waals surface area contributed by atoms with Crippen LogP contribution >= 0.6 is 0 Å². The Balaban J connectivity index is 0.00000181. The summed E-state index contributed by atoms with van der Waals surface area (Å²) in [6, 6.07) is 33.2. The average Bonchev–Trinajstić information content (AvgIpc) is 3.07. The van der Waals surface area contributed by atoms with Crippen molar-refractivity contribution in [2.75, 3.05) is 0 Å². The first-order chi connectivity index (χ1) is 13.7. The van der Waals surface area contributed by atoms with Crippen molar-refractivity contribution in [2.24, 2.45) is 0 Å². The summed E-state index contributed by atoms with van der Waals surface area (Å²) in [7, 11) is 0. The first-order valence-corrected chi connectivity index (χ1v) is 9.89. The molecule has 29 heavy (non-hydrogen) atoms. The zero-order valence-corrected chi connectivity index (χ0v) is 16.7. The summed E-state index contributed by atoms with van der Waals surface area (Å²) < 4.78 is 2.47. The van der Waals surface area contributed by atoms with Crippen LogP contribution in [0.4, 0.5) is 0 Å². The molecule has 0 fully saturated rings. The van der Waals surface area contributed by atoms with Crippen molar-refractivity contribution in [1.82, 2.24) is 4.57 Å². The minimum absolute atomic E-state index is 0. The van der Waals surface area contributed by atoms with Crippen molar-refractivity contribution in [1.29, 1.82) is 0 Å². The number of hydrogen-bond donors (Lipinski definition) is 0. The first-order valence-electron chi connectivity index (χ1n) is 9.89. The van der Waals surface area contributed by atoms with Gasteiger partial charge in [0, 0.05) is 24.6 Å². The standard InChI is InChI=1S/C27H21N.B/c1-27(2)22-12-6-7-14-25(22)28-24-16-15-19(18-9-4-3-5-10-18)17-21(24)20-11-8-13-23(27)26(20)28;/h3-17H,1-2H3;. The van der Waals surface area contributed by atoms with Crippen molar-refractivity contribution < 1.29 is 0 Å². The fourth-order valence-corrected chi connectivity index (χ4v) is 4.98. The fourth-order valence-electron chi connectivity index (χ4n) is 4.98. The van der Waals surface area contributed by atoms with Crippen molar-refractivity contribution in [2.45, 2.75) is 19.3 Å². The molecule has 1 nitrogen and oxygen atoms in total. The Morgan fingerprint density at radius 3 is 2.17 bits per heavy atom. The van der Waals surface area contributed by atoms with Crippen LogP contribution in [0.1, 0.15) is 25.0 Å². The third-order valence-electron chi connectivity index (χ3n) is 6.39. The molecule has 0 saturated carbocycles. The molecule has 0 atom stereocenters. The summed E-state index contributed by atoms with van der Waals surface area (Å²) in [5, 5.41) is 2.67. The van der Waals surface area contributed by atoms with E-state index in [0.29, 0.717) is 0 Å². The molecule has 1 aromatic heterocycles. The number of hydrogen-bond acceptors (Lipinski definition) is 0. The van der Waals surface area contributed by atoms with Gasteiger partial charge in [0.05, 0.1) is 16.7 Å². The zero-order valence-electron chi connectivity index (χ0n) is 16.7. The molecule has 0 bridgehead atoms. The number of nitrogens with zero attached hydrogens (tertiary/aromatic N) is 1. The smallest absolute Gasteiger partial charge is 0.0582 e. The normalized spacial score (nSPS) is 13.9. The predicted molar refractivity (Wildman–Crippen MR) is 124 cm³/mol. The van der Waals surface area contributed by atoms with E-state index in [1.165, 1.54) is 49.7 Å². The number of para-hydroxylation sites is 2. The van der Waals surface area contributed by atoms with Crippen LogP contribution in [0.2, 0.25) is 0 Å². The van der Waals surface area contributed by atoms with Crippen LogP contribution in [0.3, 0.4) is 0 Å². The molecule has 0 amide bonds. The lowest BCUT2D eigenvalue weighted by atomic mass is 9.75. The number of fused-ring (bicyclic) bond motifs is 5. The predicted octanol–water partition coefficient (Wildman–Crippen LogP) is 6.71. The second-order valence-electron chi connectivity index (χ2n) is 8.28. The van der Waals surface area contributed by atoms with E-state index >= 15 is 0 Å². The van der Waals surface area contributed by atoms with E-state index in [4.69, 9.17) is 0 Å². The van der Waals surface area contributed by atoms with Gasteiger partial charge in [-0.1, -0.05) is 86.6 Å². The summed E-state index contributed by atoms with van der Waals surface area (Å²) in [6.07, 6.45) is 0. The molecule has 2 heterocycles. The minimum Gasteiger partial charge on any atom is -0.309 e. The number of benzene rings is 4. The van der Waals surface area contributed by atoms with E-state index in [1.807, 2.05) is 0 Å². The Bertz CT molecular complexity index is 1380. The Hall–Kier alpha value is -3.26. The Labute approximate surface area is 173 Å². The lowest BCUT2D eigenvalue weighted by molar-refractivity contribution is 0.630. The summed E-state index contributed by atoms with van der Waals surface area (Å²) >= 11 is 0. The van der Waals surface area contributed by atoms with Gasteiger partial charge >= 0.3 is 0 Å². The molecule has 6 rings (SSSR count). The molecular weight excluding hydrogens is 349 g/mol. The second kappa shape index (κ2) is 6.12. The summed E-state index contributed by atoms with van der Waals surface area (Å²) in [5.41, 5.74) is 9.25. The van der Waals surface area contributed by atoms with Gasteiger partial charge < -0.3 is 4.57 Å². The van der Waals surface area contributed by atoms with E-state index in [-0.39, 0.29) is 13.8 Å². The maximum absolute atomic E-state index is 2.47. The van der Waals surface area contributed by atoms with Crippen molar-refractivity contribution in [3.8, 4) is 16.8 Å². The molecule has 0 saturated heterocycles. The molecule has 0 spiro atoms. The van der Waals surface area contributed by atoms with Gasteiger partial charge in [0.1, 0.15) is 0 Å². The fraction of sp³-hybridized carbons (Fsp3) is 0.111. The Morgan fingerprint density at radius 1 is 0.621 bits per heavy atom. The molecule has 2 heteroatoms. The van der Waals surface area contributed by atoms with Crippen LogP contribution < -0.4 is 0 Å². The van der Waals surface area contributed by atoms with Crippen molar-refractivity contribution >= 4 is 30.2 Å². The molecule has 0 N–H and O–H groups in total. The highest BCUT2D eigenvalue weighted by Crippen LogP contribution is 2.47. The van der Waals surface area contributed by atoms with Gasteiger partial charge in [-0.25, -0.2) is 0 Å². The molecule has 0 aliphatic carbocycles. The van der Waals surface area contributed by atoms with E-state index in [0.717, 1.165) is 0 Å². The molecule has 1 aliphatic heterocycles. The molecular formula is C27H21BN. The molecule has 0 unspecified atom stereocenters. The lowest BCUT2D eigenvalue weighted by Crippen LogP contribution is -2.26. The van der Waals surface area contributed by atoms with Crippen molar-refractivity contribution in [3.05, 3.63) is 102 Å². The minimum atomic E-state index is -0.0112. The highest BCUT2D eigenvalue weighted by atomic mass is 15.0. The zero-order chi connectivity index (χ0) is 18.9. The van der Waals surface area contributed by atoms with Gasteiger partial charge in [-0.3, -0.25) is 0 Å². The van der Waals surface area contributed by atoms with Crippen LogP contribution in [0, 0.1) is 0 Å². The molecule has 3 radical (unpaired) electrons. The van der Waals surface area contributed by atoms with Gasteiger partial charge in [-0.15, -0.1) is 0 Å². The summed E-state index contributed by atoms with van der Waals surface area (Å²) in [5.74, 6) is 0. The lowest BCUT2D eigenvalue weighted by Gasteiger charge is -2.34. The third-order valence-corrected chi connectivity index (χ3v) is 6.39. The topological polar surface area (TPSA) is 4.93 Å². The number of aromatic nitrogens is 1.